The third-order valence-electron chi connectivity index (χ3n) is 8.43. The molecule has 3 fully saturated rings. The van der Waals surface area contributed by atoms with E-state index in [-0.39, 0.29) is 24.8 Å². The third kappa shape index (κ3) is 7.22. The lowest BCUT2D eigenvalue weighted by molar-refractivity contribution is -0.133. The molecule has 10 nitrogen and oxygen atoms in total. The monoisotopic (exact) mass is 544 g/mol. The maximum Gasteiger partial charge on any atom is 0.324 e. The highest BCUT2D eigenvalue weighted by atomic mass is 16.5. The standard InChI is InChI=1S/C29H44N4O6/c1-37-18-17-32(20-22-7-6-15-31-14-5-4-8-24(22)31)27(34)12-10-23-28(35)33(29(36)30-23)16-13-21-9-11-25(38-2)26(19-21)39-3/h9,11,19,22-24H,4-8,10,12-18,20H2,1-3H3,(H,30,36)/t22-,23-,24+/m0/s1. The average Bonchev–Trinajstić information content (AvgIpc) is 3.24. The summed E-state index contributed by atoms with van der Waals surface area (Å²) in [6.45, 7) is 4.34. The van der Waals surface area contributed by atoms with Crippen molar-refractivity contribution in [3.63, 3.8) is 0 Å². The first kappa shape index (κ1) is 29.1. The Morgan fingerprint density at radius 3 is 2.62 bits per heavy atom. The number of hydrogen-bond acceptors (Lipinski definition) is 7. The molecule has 3 saturated heterocycles. The number of amides is 4. The number of fused-ring (bicyclic) bond motifs is 1. The largest absolute Gasteiger partial charge is 0.493 e. The summed E-state index contributed by atoms with van der Waals surface area (Å²) in [5.74, 6) is 1.44. The zero-order valence-corrected chi connectivity index (χ0v) is 23.7. The molecule has 3 aliphatic rings. The zero-order chi connectivity index (χ0) is 27.8. The molecule has 0 saturated carbocycles. The first-order valence-electron chi connectivity index (χ1n) is 14.3. The Hall–Kier alpha value is -2.85. The number of benzene rings is 1. The van der Waals surface area contributed by atoms with Gasteiger partial charge in [-0.25, -0.2) is 4.79 Å². The van der Waals surface area contributed by atoms with Gasteiger partial charge in [0.05, 0.1) is 20.8 Å². The smallest absolute Gasteiger partial charge is 0.324 e. The summed E-state index contributed by atoms with van der Waals surface area (Å²) >= 11 is 0. The third-order valence-corrected chi connectivity index (χ3v) is 8.43. The Morgan fingerprint density at radius 1 is 1.05 bits per heavy atom. The minimum Gasteiger partial charge on any atom is -0.493 e. The molecule has 0 bridgehead atoms. The van der Waals surface area contributed by atoms with E-state index in [4.69, 9.17) is 14.2 Å². The predicted molar refractivity (Wildman–Crippen MR) is 147 cm³/mol. The van der Waals surface area contributed by atoms with Crippen molar-refractivity contribution < 1.29 is 28.6 Å². The van der Waals surface area contributed by atoms with Crippen molar-refractivity contribution >= 4 is 17.8 Å². The van der Waals surface area contributed by atoms with Gasteiger partial charge in [-0.2, -0.15) is 0 Å². The number of nitrogens with zero attached hydrogens (tertiary/aromatic N) is 3. The van der Waals surface area contributed by atoms with Gasteiger partial charge in [0, 0.05) is 39.2 Å². The fourth-order valence-electron chi connectivity index (χ4n) is 6.28. The Bertz CT molecular complexity index is 1000. The number of imide groups is 1. The molecule has 4 amide bonds. The molecule has 216 valence electrons. The fourth-order valence-corrected chi connectivity index (χ4v) is 6.28. The molecule has 0 unspecified atom stereocenters. The van der Waals surface area contributed by atoms with E-state index in [0.717, 1.165) is 18.5 Å². The van der Waals surface area contributed by atoms with Crippen molar-refractivity contribution in [3.05, 3.63) is 23.8 Å². The van der Waals surface area contributed by atoms with Crippen LogP contribution in [-0.2, 0) is 20.7 Å². The molecule has 4 rings (SSSR count). The molecule has 3 aliphatic heterocycles. The van der Waals surface area contributed by atoms with Gasteiger partial charge in [-0.3, -0.25) is 14.5 Å². The maximum atomic E-state index is 13.3. The molecule has 0 spiro atoms. The number of ether oxygens (including phenoxy) is 3. The van der Waals surface area contributed by atoms with Crippen molar-refractivity contribution in [3.8, 4) is 11.5 Å². The van der Waals surface area contributed by atoms with E-state index in [1.54, 1.807) is 21.3 Å². The second kappa shape index (κ2) is 14.0. The second-order valence-electron chi connectivity index (χ2n) is 10.8. The zero-order valence-electron chi connectivity index (χ0n) is 23.7. The highest BCUT2D eigenvalue weighted by molar-refractivity contribution is 6.04. The van der Waals surface area contributed by atoms with Crippen LogP contribution in [0, 0.1) is 5.92 Å². The van der Waals surface area contributed by atoms with Crippen LogP contribution in [0.1, 0.15) is 50.5 Å². The molecular formula is C29H44N4O6. The Balaban J connectivity index is 1.30. The second-order valence-corrected chi connectivity index (χ2v) is 10.8. The number of hydrogen-bond donors (Lipinski definition) is 1. The molecule has 39 heavy (non-hydrogen) atoms. The SMILES string of the molecule is COCCN(C[C@@H]1CCCN2CCCC[C@H]12)C(=O)CC[C@@H]1NC(=O)N(CCc2ccc(OC)c(OC)c2)C1=O. The van der Waals surface area contributed by atoms with Gasteiger partial charge in [0.25, 0.3) is 5.91 Å². The summed E-state index contributed by atoms with van der Waals surface area (Å²) in [6.07, 6.45) is 7.05. The highest BCUT2D eigenvalue weighted by Crippen LogP contribution is 2.32. The van der Waals surface area contributed by atoms with Crippen molar-refractivity contribution in [1.29, 1.82) is 0 Å². The Kier molecular flexibility index (Phi) is 10.4. The van der Waals surface area contributed by atoms with Crippen LogP contribution in [-0.4, -0.2) is 105 Å². The van der Waals surface area contributed by atoms with Crippen LogP contribution in [0.4, 0.5) is 4.79 Å². The van der Waals surface area contributed by atoms with Gasteiger partial charge in [-0.1, -0.05) is 12.5 Å². The lowest BCUT2D eigenvalue weighted by Crippen LogP contribution is -2.52. The normalized spacial score (nSPS) is 23.4. The molecule has 10 heteroatoms. The predicted octanol–water partition coefficient (Wildman–Crippen LogP) is 2.69. The van der Waals surface area contributed by atoms with Crippen LogP contribution in [0.5, 0.6) is 11.5 Å². The van der Waals surface area contributed by atoms with Crippen molar-refractivity contribution in [2.24, 2.45) is 5.92 Å². The van der Waals surface area contributed by atoms with Gasteiger partial charge in [0.2, 0.25) is 5.91 Å². The van der Waals surface area contributed by atoms with Crippen LogP contribution in [0.3, 0.4) is 0 Å². The summed E-state index contributed by atoms with van der Waals surface area (Å²) in [5, 5.41) is 2.78. The van der Waals surface area contributed by atoms with E-state index in [2.05, 4.69) is 10.2 Å². The maximum absolute atomic E-state index is 13.3. The average molecular weight is 545 g/mol. The minimum atomic E-state index is -0.681. The van der Waals surface area contributed by atoms with Crippen LogP contribution in [0.15, 0.2) is 18.2 Å². The summed E-state index contributed by atoms with van der Waals surface area (Å²) < 4.78 is 15.9. The van der Waals surface area contributed by atoms with Crippen molar-refractivity contribution in [1.82, 2.24) is 20.0 Å². The summed E-state index contributed by atoms with van der Waals surface area (Å²) in [6, 6.07) is 5.02. The fraction of sp³-hybridized carbons (Fsp3) is 0.690. The number of piperidine rings is 2. The number of rotatable bonds is 13. The van der Waals surface area contributed by atoms with Crippen molar-refractivity contribution in [2.45, 2.75) is 63.5 Å². The van der Waals surface area contributed by atoms with Gasteiger partial charge < -0.3 is 29.3 Å². The van der Waals surface area contributed by atoms with E-state index < -0.39 is 12.1 Å². The van der Waals surface area contributed by atoms with Crippen molar-refractivity contribution in [2.75, 3.05) is 60.7 Å². The summed E-state index contributed by atoms with van der Waals surface area (Å²) in [7, 11) is 4.79. The number of methoxy groups -OCH3 is 3. The lowest BCUT2D eigenvalue weighted by atomic mass is 9.83. The minimum absolute atomic E-state index is 0.0193. The van der Waals surface area contributed by atoms with Gasteiger partial charge in [0.1, 0.15) is 6.04 Å². The quantitative estimate of drug-likeness (QED) is 0.381. The number of nitrogens with one attached hydrogen (secondary N) is 1. The Morgan fingerprint density at radius 2 is 1.85 bits per heavy atom. The molecule has 0 aliphatic carbocycles. The highest BCUT2D eigenvalue weighted by Gasteiger charge is 2.38. The molecule has 3 atom stereocenters. The summed E-state index contributed by atoms with van der Waals surface area (Å²) in [4.78, 5) is 44.7. The molecule has 0 aromatic heterocycles. The van der Waals surface area contributed by atoms with Gasteiger partial charge >= 0.3 is 6.03 Å². The van der Waals surface area contributed by atoms with Crippen LogP contribution < -0.4 is 14.8 Å². The molecule has 1 N–H and O–H groups in total. The first-order valence-corrected chi connectivity index (χ1v) is 14.3. The first-order chi connectivity index (χ1) is 18.9. The molecule has 0 radical (unpaired) electrons. The van der Waals surface area contributed by atoms with Gasteiger partial charge in [-0.05, 0) is 75.2 Å². The van der Waals surface area contributed by atoms with Crippen LogP contribution >= 0.6 is 0 Å². The molecule has 1 aromatic carbocycles. The lowest BCUT2D eigenvalue weighted by Gasteiger charge is -2.45. The molecular weight excluding hydrogens is 500 g/mol. The van der Waals surface area contributed by atoms with E-state index in [1.807, 2.05) is 23.1 Å². The number of carbonyl (C=O) groups is 3. The topological polar surface area (TPSA) is 101 Å². The van der Waals surface area contributed by atoms with E-state index in [9.17, 15) is 14.4 Å². The number of urea groups is 1. The van der Waals surface area contributed by atoms with Crippen LogP contribution in [0.25, 0.3) is 0 Å². The van der Waals surface area contributed by atoms with E-state index in [1.165, 1.54) is 43.7 Å². The summed E-state index contributed by atoms with van der Waals surface area (Å²) in [5.41, 5.74) is 0.930. The van der Waals surface area contributed by atoms with Gasteiger partial charge in [0.15, 0.2) is 11.5 Å². The molecule has 1 aromatic rings. The Labute approximate surface area is 231 Å². The van der Waals surface area contributed by atoms with Crippen LogP contribution in [0.2, 0.25) is 0 Å². The van der Waals surface area contributed by atoms with E-state index >= 15 is 0 Å². The number of carbonyl (C=O) groups excluding carboxylic acids is 3. The van der Waals surface area contributed by atoms with Gasteiger partial charge in [-0.15, -0.1) is 0 Å². The van der Waals surface area contributed by atoms with E-state index in [0.29, 0.717) is 49.5 Å². The molecule has 3 heterocycles.